The minimum atomic E-state index is -0.203. The fraction of sp³-hybridized carbons (Fsp3) is 0.211. The number of carbonyl (C=O) groups is 1. The van der Waals surface area contributed by atoms with Crippen molar-refractivity contribution in [3.63, 3.8) is 0 Å². The van der Waals surface area contributed by atoms with Crippen LogP contribution >= 0.6 is 0 Å². The molecule has 4 nitrogen and oxygen atoms in total. The van der Waals surface area contributed by atoms with Crippen molar-refractivity contribution < 1.29 is 14.3 Å². The van der Waals surface area contributed by atoms with Gasteiger partial charge in [-0.05, 0) is 42.0 Å². The first kappa shape index (κ1) is 15.2. The predicted molar refractivity (Wildman–Crippen MR) is 89.9 cm³/mol. The molecule has 0 spiro atoms. The Balaban J connectivity index is 1.93. The summed E-state index contributed by atoms with van der Waals surface area (Å²) in [6.07, 6.45) is 1.72. The van der Waals surface area contributed by atoms with Gasteiger partial charge in [-0.2, -0.15) is 0 Å². The summed E-state index contributed by atoms with van der Waals surface area (Å²) in [6, 6.07) is 15.3. The fourth-order valence-corrected chi connectivity index (χ4v) is 2.93. The molecule has 0 bridgehead atoms. The van der Waals surface area contributed by atoms with Crippen molar-refractivity contribution in [2.45, 2.75) is 6.04 Å². The fourth-order valence-electron chi connectivity index (χ4n) is 2.93. The number of amides is 1. The molecule has 0 N–H and O–H groups in total. The van der Waals surface area contributed by atoms with E-state index in [0.717, 1.165) is 22.7 Å². The van der Waals surface area contributed by atoms with Crippen LogP contribution in [0.5, 0.6) is 11.5 Å². The van der Waals surface area contributed by atoms with Gasteiger partial charge < -0.3 is 14.4 Å². The molecule has 2 aromatic rings. The van der Waals surface area contributed by atoms with Crippen LogP contribution in [-0.2, 0) is 4.79 Å². The van der Waals surface area contributed by atoms with Crippen LogP contribution in [0.25, 0.3) is 0 Å². The molecule has 4 heteroatoms. The van der Waals surface area contributed by atoms with Gasteiger partial charge in [0, 0.05) is 5.69 Å². The van der Waals surface area contributed by atoms with Gasteiger partial charge in [0.25, 0.3) is 0 Å². The van der Waals surface area contributed by atoms with Crippen LogP contribution in [0.15, 0.2) is 61.2 Å². The van der Waals surface area contributed by atoms with Gasteiger partial charge in [0.1, 0.15) is 11.5 Å². The molecule has 0 aliphatic carbocycles. The molecule has 3 rings (SSSR count). The van der Waals surface area contributed by atoms with E-state index in [1.807, 2.05) is 48.5 Å². The Hall–Kier alpha value is -2.75. The number of methoxy groups -OCH3 is 2. The zero-order valence-corrected chi connectivity index (χ0v) is 13.2. The van der Waals surface area contributed by atoms with E-state index in [9.17, 15) is 4.79 Å². The van der Waals surface area contributed by atoms with Gasteiger partial charge in [-0.15, -0.1) is 6.58 Å². The Morgan fingerprint density at radius 3 is 1.96 bits per heavy atom. The molecule has 118 valence electrons. The van der Waals surface area contributed by atoms with Gasteiger partial charge >= 0.3 is 0 Å². The van der Waals surface area contributed by atoms with Gasteiger partial charge in [-0.1, -0.05) is 18.2 Å². The zero-order chi connectivity index (χ0) is 16.4. The van der Waals surface area contributed by atoms with E-state index >= 15 is 0 Å². The Bertz CT molecular complexity index is 706. The van der Waals surface area contributed by atoms with E-state index in [-0.39, 0.29) is 17.9 Å². The lowest BCUT2D eigenvalue weighted by Gasteiger charge is -2.46. The molecule has 0 saturated carbocycles. The highest BCUT2D eigenvalue weighted by molar-refractivity contribution is 6.04. The molecule has 23 heavy (non-hydrogen) atoms. The summed E-state index contributed by atoms with van der Waals surface area (Å²) >= 11 is 0. The highest BCUT2D eigenvalue weighted by Crippen LogP contribution is 2.44. The second-order valence-electron chi connectivity index (χ2n) is 5.39. The lowest BCUT2D eigenvalue weighted by atomic mass is 9.82. The summed E-state index contributed by atoms with van der Waals surface area (Å²) in [5.74, 6) is 1.42. The van der Waals surface area contributed by atoms with E-state index in [4.69, 9.17) is 9.47 Å². The summed E-state index contributed by atoms with van der Waals surface area (Å²) in [4.78, 5) is 14.3. The van der Waals surface area contributed by atoms with Crippen LogP contribution in [0.2, 0.25) is 0 Å². The van der Waals surface area contributed by atoms with E-state index in [2.05, 4.69) is 6.58 Å². The second kappa shape index (κ2) is 6.16. The van der Waals surface area contributed by atoms with Crippen molar-refractivity contribution in [3.05, 3.63) is 66.7 Å². The Morgan fingerprint density at radius 1 is 0.957 bits per heavy atom. The van der Waals surface area contributed by atoms with Crippen molar-refractivity contribution in [2.75, 3.05) is 19.1 Å². The average Bonchev–Trinajstić information content (AvgIpc) is 2.61. The SMILES string of the molecule is C=C[C@@H]1C(=O)N(c2ccc(OC)cc2)[C@H]1c1ccc(OC)cc1. The smallest absolute Gasteiger partial charge is 0.236 e. The first-order valence-corrected chi connectivity index (χ1v) is 7.43. The van der Waals surface area contributed by atoms with Crippen molar-refractivity contribution in [1.29, 1.82) is 0 Å². The third-order valence-corrected chi connectivity index (χ3v) is 4.20. The lowest BCUT2D eigenvalue weighted by Crippen LogP contribution is -2.54. The summed E-state index contributed by atoms with van der Waals surface area (Å²) < 4.78 is 10.4. The van der Waals surface area contributed by atoms with Gasteiger partial charge in [-0.3, -0.25) is 4.79 Å². The minimum Gasteiger partial charge on any atom is -0.497 e. The monoisotopic (exact) mass is 309 g/mol. The molecule has 1 heterocycles. The number of hydrogen-bond acceptors (Lipinski definition) is 3. The molecule has 0 aromatic heterocycles. The molecule has 1 aliphatic heterocycles. The molecule has 0 unspecified atom stereocenters. The summed E-state index contributed by atoms with van der Waals surface area (Å²) in [5.41, 5.74) is 1.92. The molecular formula is C19H19NO3. The first-order valence-electron chi connectivity index (χ1n) is 7.43. The first-order chi connectivity index (χ1) is 11.2. The molecule has 1 amide bonds. The van der Waals surface area contributed by atoms with E-state index in [1.54, 1.807) is 25.2 Å². The topological polar surface area (TPSA) is 38.8 Å². The number of carbonyl (C=O) groups excluding carboxylic acids is 1. The highest BCUT2D eigenvalue weighted by atomic mass is 16.5. The largest absolute Gasteiger partial charge is 0.497 e. The maximum absolute atomic E-state index is 12.5. The highest BCUT2D eigenvalue weighted by Gasteiger charge is 2.46. The third kappa shape index (κ3) is 2.57. The van der Waals surface area contributed by atoms with E-state index in [0.29, 0.717) is 0 Å². The summed E-state index contributed by atoms with van der Waals surface area (Å²) in [7, 11) is 3.26. The van der Waals surface area contributed by atoms with Gasteiger partial charge in [0.2, 0.25) is 5.91 Å². The van der Waals surface area contributed by atoms with Crippen LogP contribution in [0.4, 0.5) is 5.69 Å². The Labute approximate surface area is 135 Å². The second-order valence-corrected chi connectivity index (χ2v) is 5.39. The normalized spacial score (nSPS) is 19.9. The summed E-state index contributed by atoms with van der Waals surface area (Å²) in [6.45, 7) is 3.81. The number of rotatable bonds is 5. The van der Waals surface area contributed by atoms with Gasteiger partial charge in [0.15, 0.2) is 0 Å². The number of nitrogens with zero attached hydrogens (tertiary/aromatic N) is 1. The maximum atomic E-state index is 12.5. The quantitative estimate of drug-likeness (QED) is 0.626. The van der Waals surface area contributed by atoms with Gasteiger partial charge in [0.05, 0.1) is 26.2 Å². The number of benzene rings is 2. The average molecular weight is 309 g/mol. The molecule has 1 aliphatic rings. The molecular weight excluding hydrogens is 290 g/mol. The molecule has 0 radical (unpaired) electrons. The van der Waals surface area contributed by atoms with Crippen molar-refractivity contribution in [2.24, 2.45) is 5.92 Å². The number of β-lactam (4-membered cyclic amide) rings is 1. The molecule has 1 saturated heterocycles. The van der Waals surface area contributed by atoms with Crippen LogP contribution in [0, 0.1) is 5.92 Å². The Kier molecular flexibility index (Phi) is 4.06. The van der Waals surface area contributed by atoms with E-state index in [1.165, 1.54) is 0 Å². The molecule has 1 fully saturated rings. The van der Waals surface area contributed by atoms with Crippen molar-refractivity contribution in [1.82, 2.24) is 0 Å². The van der Waals surface area contributed by atoms with Crippen LogP contribution in [-0.4, -0.2) is 20.1 Å². The minimum absolute atomic E-state index is 0.0423. The summed E-state index contributed by atoms with van der Waals surface area (Å²) in [5, 5.41) is 0. The number of ether oxygens (including phenoxy) is 2. The van der Waals surface area contributed by atoms with Crippen molar-refractivity contribution in [3.8, 4) is 11.5 Å². The van der Waals surface area contributed by atoms with Gasteiger partial charge in [-0.25, -0.2) is 0 Å². The molecule has 2 atom stereocenters. The van der Waals surface area contributed by atoms with Crippen LogP contribution in [0.1, 0.15) is 11.6 Å². The Morgan fingerprint density at radius 2 is 1.48 bits per heavy atom. The maximum Gasteiger partial charge on any atom is 0.236 e. The zero-order valence-electron chi connectivity index (χ0n) is 13.2. The third-order valence-electron chi connectivity index (χ3n) is 4.20. The van der Waals surface area contributed by atoms with Crippen LogP contribution in [0.3, 0.4) is 0 Å². The number of anilines is 1. The predicted octanol–water partition coefficient (Wildman–Crippen LogP) is 3.59. The van der Waals surface area contributed by atoms with E-state index < -0.39 is 0 Å². The number of hydrogen-bond donors (Lipinski definition) is 0. The molecule has 2 aromatic carbocycles. The van der Waals surface area contributed by atoms with Crippen molar-refractivity contribution >= 4 is 11.6 Å². The standard InChI is InChI=1S/C19H19NO3/c1-4-17-18(13-5-9-15(22-2)10-6-13)20(19(17)21)14-7-11-16(23-3)12-8-14/h4-12,17-18H,1H2,2-3H3/t17-,18-/m0/s1. The van der Waals surface area contributed by atoms with Crippen LogP contribution < -0.4 is 14.4 Å². The lowest BCUT2D eigenvalue weighted by molar-refractivity contribution is -0.128.